The SMILES string of the molecule is CCOC(=O)Cc1cc(F)c(I)c(C(F)F)n1. The molecule has 0 unspecified atom stereocenters. The lowest BCUT2D eigenvalue weighted by Crippen LogP contribution is -2.11. The smallest absolute Gasteiger partial charge is 0.311 e. The molecule has 0 atom stereocenters. The molecule has 0 saturated heterocycles. The van der Waals surface area contributed by atoms with Gasteiger partial charge in [0.05, 0.1) is 22.3 Å². The lowest BCUT2D eigenvalue weighted by molar-refractivity contribution is -0.142. The maximum atomic E-state index is 13.3. The van der Waals surface area contributed by atoms with E-state index in [1.54, 1.807) is 6.92 Å². The van der Waals surface area contributed by atoms with Crippen LogP contribution in [0.2, 0.25) is 0 Å². The number of alkyl halides is 2. The highest BCUT2D eigenvalue weighted by Gasteiger charge is 2.19. The third-order valence-corrected chi connectivity index (χ3v) is 2.90. The van der Waals surface area contributed by atoms with Gasteiger partial charge in [-0.2, -0.15) is 0 Å². The minimum Gasteiger partial charge on any atom is -0.466 e. The van der Waals surface area contributed by atoms with Crippen molar-refractivity contribution in [2.45, 2.75) is 19.8 Å². The van der Waals surface area contributed by atoms with Crippen LogP contribution in [-0.4, -0.2) is 17.6 Å². The van der Waals surface area contributed by atoms with Gasteiger partial charge in [0.15, 0.2) is 0 Å². The highest BCUT2D eigenvalue weighted by molar-refractivity contribution is 14.1. The van der Waals surface area contributed by atoms with Crippen molar-refractivity contribution >= 4 is 28.6 Å². The van der Waals surface area contributed by atoms with Crippen molar-refractivity contribution in [3.05, 3.63) is 26.8 Å². The van der Waals surface area contributed by atoms with Crippen molar-refractivity contribution in [2.24, 2.45) is 0 Å². The van der Waals surface area contributed by atoms with Crippen molar-refractivity contribution in [1.82, 2.24) is 4.98 Å². The third kappa shape index (κ3) is 3.83. The second kappa shape index (κ2) is 6.18. The summed E-state index contributed by atoms with van der Waals surface area (Å²) in [6.45, 7) is 1.79. The molecule has 94 valence electrons. The zero-order chi connectivity index (χ0) is 13.0. The van der Waals surface area contributed by atoms with Gasteiger partial charge in [-0.15, -0.1) is 0 Å². The third-order valence-electron chi connectivity index (χ3n) is 1.83. The Bertz CT molecular complexity index is 426. The Morgan fingerprint density at radius 3 is 2.76 bits per heavy atom. The Balaban J connectivity index is 2.98. The van der Waals surface area contributed by atoms with E-state index >= 15 is 0 Å². The molecule has 0 aliphatic heterocycles. The standard InChI is InChI=1S/C10H9F3INO2/c1-2-17-7(16)4-5-3-6(11)8(14)9(15-5)10(12)13/h3,10H,2,4H2,1H3. The number of esters is 1. The average Bonchev–Trinajstić information content (AvgIpc) is 2.23. The molecule has 0 aliphatic rings. The van der Waals surface area contributed by atoms with E-state index in [9.17, 15) is 18.0 Å². The first-order valence-electron chi connectivity index (χ1n) is 4.74. The van der Waals surface area contributed by atoms with E-state index < -0.39 is 23.9 Å². The maximum absolute atomic E-state index is 13.3. The van der Waals surface area contributed by atoms with E-state index in [2.05, 4.69) is 9.72 Å². The molecule has 0 aliphatic carbocycles. The van der Waals surface area contributed by atoms with Crippen molar-refractivity contribution in [1.29, 1.82) is 0 Å². The molecule has 0 bridgehead atoms. The summed E-state index contributed by atoms with van der Waals surface area (Å²) < 4.78 is 42.7. The molecule has 0 saturated carbocycles. The van der Waals surface area contributed by atoms with Crippen LogP contribution in [0.4, 0.5) is 13.2 Å². The molecule has 1 aromatic heterocycles. The molecule has 0 amide bonds. The van der Waals surface area contributed by atoms with E-state index in [0.717, 1.165) is 6.07 Å². The normalized spacial score (nSPS) is 10.7. The Morgan fingerprint density at radius 2 is 2.24 bits per heavy atom. The van der Waals surface area contributed by atoms with Crippen LogP contribution in [0.5, 0.6) is 0 Å². The van der Waals surface area contributed by atoms with E-state index in [1.165, 1.54) is 22.6 Å². The Labute approximate surface area is 110 Å². The summed E-state index contributed by atoms with van der Waals surface area (Å²) in [5.41, 5.74) is -0.707. The summed E-state index contributed by atoms with van der Waals surface area (Å²) in [5, 5.41) is 0. The van der Waals surface area contributed by atoms with Crippen LogP contribution < -0.4 is 0 Å². The summed E-state index contributed by atoms with van der Waals surface area (Å²) in [7, 11) is 0. The molecule has 0 N–H and O–H groups in total. The van der Waals surface area contributed by atoms with E-state index in [0.29, 0.717) is 0 Å². The summed E-state index contributed by atoms with van der Waals surface area (Å²) >= 11 is 1.45. The topological polar surface area (TPSA) is 39.2 Å². The fourth-order valence-corrected chi connectivity index (χ4v) is 1.67. The monoisotopic (exact) mass is 359 g/mol. The fourth-order valence-electron chi connectivity index (χ4n) is 1.16. The van der Waals surface area contributed by atoms with Gasteiger partial charge in [0.1, 0.15) is 11.5 Å². The van der Waals surface area contributed by atoms with Crippen molar-refractivity contribution in [3.63, 3.8) is 0 Å². The number of carbonyl (C=O) groups excluding carboxylic acids is 1. The number of ether oxygens (including phenoxy) is 1. The molecule has 17 heavy (non-hydrogen) atoms. The van der Waals surface area contributed by atoms with Crippen LogP contribution in [0, 0.1) is 9.39 Å². The van der Waals surface area contributed by atoms with E-state index in [4.69, 9.17) is 0 Å². The maximum Gasteiger partial charge on any atom is 0.311 e. The van der Waals surface area contributed by atoms with Crippen LogP contribution in [0.1, 0.15) is 24.7 Å². The molecule has 0 fully saturated rings. The van der Waals surface area contributed by atoms with Gasteiger partial charge in [-0.3, -0.25) is 4.79 Å². The van der Waals surface area contributed by atoms with Gasteiger partial charge in [0.2, 0.25) is 0 Å². The number of rotatable bonds is 4. The minimum absolute atomic E-state index is 0.0586. The van der Waals surface area contributed by atoms with Gasteiger partial charge < -0.3 is 4.74 Å². The fraction of sp³-hybridized carbons (Fsp3) is 0.400. The summed E-state index contributed by atoms with van der Waals surface area (Å²) in [5.74, 6) is -1.43. The largest absolute Gasteiger partial charge is 0.466 e. The lowest BCUT2D eigenvalue weighted by Gasteiger charge is -2.07. The number of nitrogens with zero attached hydrogens (tertiary/aromatic N) is 1. The van der Waals surface area contributed by atoms with Gasteiger partial charge in [0.25, 0.3) is 6.43 Å². The van der Waals surface area contributed by atoms with Gasteiger partial charge in [-0.25, -0.2) is 18.2 Å². The lowest BCUT2D eigenvalue weighted by atomic mass is 10.2. The molecule has 0 spiro atoms. The molecule has 3 nitrogen and oxygen atoms in total. The molecular formula is C10H9F3INO2. The van der Waals surface area contributed by atoms with Gasteiger partial charge in [-0.05, 0) is 35.6 Å². The highest BCUT2D eigenvalue weighted by Crippen LogP contribution is 2.25. The van der Waals surface area contributed by atoms with Gasteiger partial charge in [0, 0.05) is 0 Å². The first-order valence-corrected chi connectivity index (χ1v) is 5.82. The van der Waals surface area contributed by atoms with Crippen molar-refractivity contribution < 1.29 is 22.7 Å². The summed E-state index contributed by atoms with van der Waals surface area (Å²) in [6.07, 6.45) is -3.19. The zero-order valence-electron chi connectivity index (χ0n) is 8.84. The molecule has 1 rings (SSSR count). The van der Waals surface area contributed by atoms with Crippen LogP contribution >= 0.6 is 22.6 Å². The van der Waals surface area contributed by atoms with E-state index in [1.807, 2.05) is 0 Å². The number of hydrogen-bond donors (Lipinski definition) is 0. The van der Waals surface area contributed by atoms with Crippen LogP contribution in [-0.2, 0) is 16.0 Å². The molecule has 0 radical (unpaired) electrons. The number of pyridine rings is 1. The average molecular weight is 359 g/mol. The molecule has 7 heteroatoms. The zero-order valence-corrected chi connectivity index (χ0v) is 11.0. The predicted octanol–water partition coefficient (Wildman–Crippen LogP) is 2.87. The highest BCUT2D eigenvalue weighted by atomic mass is 127. The van der Waals surface area contributed by atoms with Crippen LogP contribution in [0.15, 0.2) is 6.07 Å². The van der Waals surface area contributed by atoms with Gasteiger partial charge >= 0.3 is 5.97 Å². The molecule has 0 aromatic carbocycles. The van der Waals surface area contributed by atoms with Crippen molar-refractivity contribution in [2.75, 3.05) is 6.61 Å². The number of halogens is 4. The number of hydrogen-bond acceptors (Lipinski definition) is 3. The first-order chi connectivity index (χ1) is 7.95. The second-order valence-corrected chi connectivity index (χ2v) is 4.16. The van der Waals surface area contributed by atoms with Crippen LogP contribution in [0.3, 0.4) is 0 Å². The molecule has 1 heterocycles. The number of aromatic nitrogens is 1. The quantitative estimate of drug-likeness (QED) is 0.613. The molecular weight excluding hydrogens is 350 g/mol. The summed E-state index contributed by atoms with van der Waals surface area (Å²) in [6, 6.07) is 0.963. The Morgan fingerprint density at radius 1 is 1.59 bits per heavy atom. The Hall–Kier alpha value is -0.860. The predicted molar refractivity (Wildman–Crippen MR) is 62.2 cm³/mol. The first kappa shape index (κ1) is 14.2. The second-order valence-electron chi connectivity index (χ2n) is 3.08. The Kier molecular flexibility index (Phi) is 5.16. The van der Waals surface area contributed by atoms with Crippen LogP contribution in [0.25, 0.3) is 0 Å². The van der Waals surface area contributed by atoms with E-state index in [-0.39, 0.29) is 22.3 Å². The minimum atomic E-state index is -2.88. The van der Waals surface area contributed by atoms with Crippen molar-refractivity contribution in [3.8, 4) is 0 Å². The number of carbonyl (C=O) groups is 1. The summed E-state index contributed by atoms with van der Waals surface area (Å²) in [4.78, 5) is 14.7. The van der Waals surface area contributed by atoms with Gasteiger partial charge in [-0.1, -0.05) is 0 Å². The molecule has 1 aromatic rings.